The normalized spacial score (nSPS) is 11.7. The fourth-order valence-corrected chi connectivity index (χ4v) is 2.27. The fourth-order valence-electron chi connectivity index (χ4n) is 1.84. The van der Waals surface area contributed by atoms with Crippen molar-refractivity contribution < 1.29 is 14.4 Å². The van der Waals surface area contributed by atoms with Crippen molar-refractivity contribution in [2.24, 2.45) is 0 Å². The maximum Gasteiger partial charge on any atom is 0.341 e. The molecule has 6 heteroatoms. The van der Waals surface area contributed by atoms with Gasteiger partial charge in [0, 0.05) is 15.5 Å². The van der Waals surface area contributed by atoms with Gasteiger partial charge in [-0.05, 0) is 28.1 Å². The molecule has 0 aliphatic heterocycles. The Labute approximate surface area is 129 Å². The van der Waals surface area contributed by atoms with Crippen molar-refractivity contribution in [3.05, 3.63) is 39.0 Å². The number of hydrogen-bond acceptors (Lipinski definition) is 3. The average molecular weight is 359 g/mol. The monoisotopic (exact) mass is 357 g/mol. The molecule has 4 nitrogen and oxygen atoms in total. The molecule has 0 spiro atoms. The third-order valence-electron chi connectivity index (χ3n) is 2.78. The summed E-state index contributed by atoms with van der Waals surface area (Å²) in [5, 5.41) is 13.8. The first-order valence-electron chi connectivity index (χ1n) is 5.90. The number of carbonyl (C=O) groups is 1. The number of rotatable bonds is 2. The van der Waals surface area contributed by atoms with Crippen LogP contribution in [0.1, 0.15) is 36.9 Å². The molecule has 106 valence electrons. The molecule has 0 saturated carbocycles. The van der Waals surface area contributed by atoms with Gasteiger partial charge in [-0.1, -0.05) is 43.6 Å². The Morgan fingerprint density at radius 2 is 2.05 bits per heavy atom. The van der Waals surface area contributed by atoms with Crippen LogP contribution in [0.5, 0.6) is 0 Å². The second-order valence-electron chi connectivity index (χ2n) is 5.42. The van der Waals surface area contributed by atoms with E-state index in [-0.39, 0.29) is 11.3 Å². The van der Waals surface area contributed by atoms with E-state index in [2.05, 4.69) is 21.1 Å². The molecule has 2 aromatic rings. The molecule has 1 heterocycles. The number of aromatic nitrogens is 1. The maximum absolute atomic E-state index is 11.5. The van der Waals surface area contributed by atoms with E-state index in [0.29, 0.717) is 16.3 Å². The number of aromatic carboxylic acids is 1. The van der Waals surface area contributed by atoms with Crippen molar-refractivity contribution in [1.29, 1.82) is 0 Å². The number of hydrogen-bond donors (Lipinski definition) is 1. The minimum Gasteiger partial charge on any atom is -0.477 e. The second kappa shape index (κ2) is 5.22. The van der Waals surface area contributed by atoms with Crippen LogP contribution in [0.25, 0.3) is 11.3 Å². The topological polar surface area (TPSA) is 63.3 Å². The highest BCUT2D eigenvalue weighted by atomic mass is 79.9. The summed E-state index contributed by atoms with van der Waals surface area (Å²) in [6.07, 6.45) is 0. The molecule has 1 aromatic heterocycles. The number of carboxylic acid groups (broad SMARTS) is 1. The third kappa shape index (κ3) is 2.74. The van der Waals surface area contributed by atoms with E-state index < -0.39 is 11.4 Å². The first-order chi connectivity index (χ1) is 9.21. The van der Waals surface area contributed by atoms with Crippen LogP contribution in [0.2, 0.25) is 5.02 Å². The Balaban J connectivity index is 2.66. The molecule has 0 saturated heterocycles. The van der Waals surface area contributed by atoms with Gasteiger partial charge in [-0.2, -0.15) is 0 Å². The van der Waals surface area contributed by atoms with Crippen molar-refractivity contribution in [2.75, 3.05) is 0 Å². The Kier molecular flexibility index (Phi) is 3.93. The van der Waals surface area contributed by atoms with Crippen LogP contribution in [0.4, 0.5) is 0 Å². The average Bonchev–Trinajstić information content (AvgIpc) is 2.77. The SMILES string of the molecule is CC(C)(C)c1onc(-c2ccc(Br)c(Cl)c2)c1C(=O)O. The summed E-state index contributed by atoms with van der Waals surface area (Å²) < 4.78 is 6.00. The Bertz CT molecular complexity index is 674. The van der Waals surface area contributed by atoms with Gasteiger partial charge in [0.05, 0.1) is 5.02 Å². The lowest BCUT2D eigenvalue weighted by atomic mass is 9.89. The van der Waals surface area contributed by atoms with Crippen LogP contribution in [-0.4, -0.2) is 16.2 Å². The third-order valence-corrected chi connectivity index (χ3v) is 4.01. The van der Waals surface area contributed by atoms with Gasteiger partial charge in [0.1, 0.15) is 11.3 Å². The Hall–Kier alpha value is -1.33. The zero-order valence-corrected chi connectivity index (χ0v) is 13.5. The molecule has 0 fully saturated rings. The zero-order valence-electron chi connectivity index (χ0n) is 11.2. The van der Waals surface area contributed by atoms with Gasteiger partial charge in [-0.25, -0.2) is 4.79 Å². The lowest BCUT2D eigenvalue weighted by molar-refractivity contribution is 0.0693. The van der Waals surface area contributed by atoms with Crippen molar-refractivity contribution >= 4 is 33.5 Å². The van der Waals surface area contributed by atoms with E-state index in [1.54, 1.807) is 18.2 Å². The minimum absolute atomic E-state index is 0.0795. The van der Waals surface area contributed by atoms with Gasteiger partial charge >= 0.3 is 5.97 Å². The molecule has 0 bridgehead atoms. The highest BCUT2D eigenvalue weighted by Gasteiger charge is 2.31. The molecular formula is C14H13BrClNO3. The molecule has 1 aromatic carbocycles. The molecule has 0 amide bonds. The van der Waals surface area contributed by atoms with Gasteiger partial charge in [-0.15, -0.1) is 0 Å². The first kappa shape index (κ1) is 15.1. The highest BCUT2D eigenvalue weighted by molar-refractivity contribution is 9.10. The van der Waals surface area contributed by atoms with Crippen molar-refractivity contribution in [3.8, 4) is 11.3 Å². The van der Waals surface area contributed by atoms with E-state index >= 15 is 0 Å². The minimum atomic E-state index is -1.06. The van der Waals surface area contributed by atoms with Crippen LogP contribution in [0.15, 0.2) is 27.2 Å². The predicted octanol–water partition coefficient (Wildman–Crippen LogP) is 4.75. The van der Waals surface area contributed by atoms with E-state index in [0.717, 1.165) is 4.47 Å². The van der Waals surface area contributed by atoms with Crippen LogP contribution >= 0.6 is 27.5 Å². The molecule has 0 aliphatic carbocycles. The van der Waals surface area contributed by atoms with Gasteiger partial charge in [0.2, 0.25) is 0 Å². The van der Waals surface area contributed by atoms with Crippen molar-refractivity contribution in [3.63, 3.8) is 0 Å². The zero-order chi connectivity index (χ0) is 15.1. The summed E-state index contributed by atoms with van der Waals surface area (Å²) in [6, 6.07) is 5.14. The van der Waals surface area contributed by atoms with Crippen molar-refractivity contribution in [1.82, 2.24) is 5.16 Å². The van der Waals surface area contributed by atoms with E-state index in [4.69, 9.17) is 16.1 Å². The number of nitrogens with zero attached hydrogens (tertiary/aromatic N) is 1. The van der Waals surface area contributed by atoms with E-state index in [9.17, 15) is 9.90 Å². The molecule has 2 rings (SSSR count). The molecule has 1 N–H and O–H groups in total. The van der Waals surface area contributed by atoms with Gasteiger partial charge in [0.15, 0.2) is 5.76 Å². The predicted molar refractivity (Wildman–Crippen MR) is 80.3 cm³/mol. The van der Waals surface area contributed by atoms with Gasteiger partial charge < -0.3 is 9.63 Å². The van der Waals surface area contributed by atoms with Crippen molar-refractivity contribution in [2.45, 2.75) is 26.2 Å². The molecule has 0 aliphatic rings. The summed E-state index contributed by atoms with van der Waals surface area (Å²) in [4.78, 5) is 11.5. The quantitative estimate of drug-likeness (QED) is 0.841. The smallest absolute Gasteiger partial charge is 0.341 e. The molecular weight excluding hydrogens is 346 g/mol. The van der Waals surface area contributed by atoms with Crippen LogP contribution in [0, 0.1) is 0 Å². The molecule has 0 radical (unpaired) electrons. The van der Waals surface area contributed by atoms with Gasteiger partial charge in [0.25, 0.3) is 0 Å². The summed E-state index contributed by atoms with van der Waals surface area (Å²) in [7, 11) is 0. The highest BCUT2D eigenvalue weighted by Crippen LogP contribution is 2.35. The number of carboxylic acids is 1. The number of benzene rings is 1. The lowest BCUT2D eigenvalue weighted by Gasteiger charge is -2.14. The van der Waals surface area contributed by atoms with Crippen LogP contribution < -0.4 is 0 Å². The standard InChI is InChI=1S/C14H13BrClNO3/c1-14(2,3)12-10(13(18)19)11(17-20-12)7-4-5-8(15)9(16)6-7/h4-6H,1-3H3,(H,18,19). The Morgan fingerprint density at radius 3 is 2.55 bits per heavy atom. The summed E-state index contributed by atoms with van der Waals surface area (Å²) in [5.74, 6) is -0.718. The van der Waals surface area contributed by atoms with Crippen LogP contribution in [-0.2, 0) is 5.41 Å². The summed E-state index contributed by atoms with van der Waals surface area (Å²) in [6.45, 7) is 5.62. The Morgan fingerprint density at radius 1 is 1.40 bits per heavy atom. The van der Waals surface area contributed by atoms with E-state index in [1.165, 1.54) is 0 Å². The lowest BCUT2D eigenvalue weighted by Crippen LogP contribution is -2.15. The van der Waals surface area contributed by atoms with Crippen LogP contribution in [0.3, 0.4) is 0 Å². The number of halogens is 2. The van der Waals surface area contributed by atoms with Gasteiger partial charge in [-0.3, -0.25) is 0 Å². The fraction of sp³-hybridized carbons (Fsp3) is 0.286. The molecule has 20 heavy (non-hydrogen) atoms. The summed E-state index contributed by atoms with van der Waals surface area (Å²) in [5.41, 5.74) is 0.528. The second-order valence-corrected chi connectivity index (χ2v) is 6.68. The first-order valence-corrected chi connectivity index (χ1v) is 7.07. The maximum atomic E-state index is 11.5. The summed E-state index contributed by atoms with van der Waals surface area (Å²) >= 11 is 9.33. The molecule has 0 atom stereocenters. The van der Waals surface area contributed by atoms with E-state index in [1.807, 2.05) is 20.8 Å². The molecule has 0 unspecified atom stereocenters. The largest absolute Gasteiger partial charge is 0.477 e.